The Balaban J connectivity index is 1.27. The highest BCUT2D eigenvalue weighted by molar-refractivity contribution is 5.98. The summed E-state index contributed by atoms with van der Waals surface area (Å²) >= 11 is 0. The summed E-state index contributed by atoms with van der Waals surface area (Å²) in [5.74, 6) is 1.92. The first-order valence-electron chi connectivity index (χ1n) is 13.9. The van der Waals surface area contributed by atoms with E-state index in [1.807, 2.05) is 53.2 Å². The van der Waals surface area contributed by atoms with Crippen molar-refractivity contribution < 1.29 is 19.1 Å². The maximum absolute atomic E-state index is 13.4. The standard InChI is InChI=1S/C31H39N3O4/c1-33-22-31(14-6-5-9-23-8-3-4-10-28(23)38-19-7-11-29(33)35)15-17-34(18-16-31)30(36)27-20-24-12-13-25(37-2)21-26(24)32-27/h3-4,8,10,12-13,20-21,32H,5-7,9,11,14-19,22H2,1-2H3. The summed E-state index contributed by atoms with van der Waals surface area (Å²) < 4.78 is 11.3. The van der Waals surface area contributed by atoms with E-state index in [9.17, 15) is 9.59 Å². The maximum Gasteiger partial charge on any atom is 0.270 e. The van der Waals surface area contributed by atoms with E-state index < -0.39 is 0 Å². The molecule has 2 amide bonds. The van der Waals surface area contributed by atoms with Gasteiger partial charge in [0.25, 0.3) is 5.91 Å². The lowest BCUT2D eigenvalue weighted by atomic mass is 9.73. The van der Waals surface area contributed by atoms with Crippen LogP contribution in [0.2, 0.25) is 0 Å². The van der Waals surface area contributed by atoms with Gasteiger partial charge in [-0.3, -0.25) is 9.59 Å². The zero-order chi connectivity index (χ0) is 26.5. The van der Waals surface area contributed by atoms with Gasteiger partial charge >= 0.3 is 0 Å². The van der Waals surface area contributed by atoms with Crippen LogP contribution < -0.4 is 9.47 Å². The molecule has 0 bridgehead atoms. The molecule has 3 heterocycles. The van der Waals surface area contributed by atoms with Crippen molar-refractivity contribution in [3.05, 3.63) is 59.8 Å². The fourth-order valence-electron chi connectivity index (χ4n) is 6.04. The number of H-pyrrole nitrogens is 1. The quantitative estimate of drug-likeness (QED) is 0.491. The van der Waals surface area contributed by atoms with Gasteiger partial charge in [0.1, 0.15) is 17.2 Å². The molecule has 0 radical (unpaired) electrons. The van der Waals surface area contributed by atoms with Crippen molar-refractivity contribution in [2.75, 3.05) is 40.4 Å². The average molecular weight is 518 g/mol. The second kappa shape index (κ2) is 11.5. The van der Waals surface area contributed by atoms with Gasteiger partial charge in [0.05, 0.1) is 13.7 Å². The summed E-state index contributed by atoms with van der Waals surface area (Å²) in [4.78, 5) is 33.5. The number of hydrogen-bond acceptors (Lipinski definition) is 4. The van der Waals surface area contributed by atoms with Crippen LogP contribution in [-0.4, -0.2) is 67.0 Å². The molecule has 1 spiro atoms. The van der Waals surface area contributed by atoms with Crippen molar-refractivity contribution in [2.45, 2.75) is 51.4 Å². The molecule has 1 fully saturated rings. The Bertz CT molecular complexity index is 1280. The van der Waals surface area contributed by atoms with Crippen LogP contribution in [0.1, 0.15) is 61.0 Å². The molecule has 7 nitrogen and oxygen atoms in total. The topological polar surface area (TPSA) is 74.9 Å². The summed E-state index contributed by atoms with van der Waals surface area (Å²) in [5, 5.41) is 1.00. The lowest BCUT2D eigenvalue weighted by Gasteiger charge is -2.44. The molecule has 38 heavy (non-hydrogen) atoms. The van der Waals surface area contributed by atoms with Gasteiger partial charge in [-0.15, -0.1) is 0 Å². The van der Waals surface area contributed by atoms with Crippen LogP contribution in [0, 0.1) is 5.41 Å². The number of aromatic nitrogens is 1. The number of rotatable bonds is 2. The van der Waals surface area contributed by atoms with E-state index in [1.54, 1.807) is 7.11 Å². The van der Waals surface area contributed by atoms with Gasteiger partial charge in [0, 0.05) is 50.1 Å². The molecule has 2 aliphatic rings. The van der Waals surface area contributed by atoms with Crippen molar-refractivity contribution in [3.63, 3.8) is 0 Å². The van der Waals surface area contributed by atoms with Crippen LogP contribution in [0.25, 0.3) is 10.9 Å². The zero-order valence-corrected chi connectivity index (χ0v) is 22.6. The normalized spacial score (nSPS) is 19.1. The van der Waals surface area contributed by atoms with E-state index in [0.29, 0.717) is 38.2 Å². The summed E-state index contributed by atoms with van der Waals surface area (Å²) in [7, 11) is 3.58. The molecule has 3 aromatic rings. The lowest BCUT2D eigenvalue weighted by Crippen LogP contribution is -2.48. The fourth-order valence-corrected chi connectivity index (χ4v) is 6.04. The number of benzene rings is 2. The molecular weight excluding hydrogens is 478 g/mol. The number of amides is 2. The number of nitrogens with one attached hydrogen (secondary N) is 1. The van der Waals surface area contributed by atoms with E-state index >= 15 is 0 Å². The van der Waals surface area contributed by atoms with Gasteiger partial charge in [0.2, 0.25) is 5.91 Å². The predicted octanol–water partition coefficient (Wildman–Crippen LogP) is 5.44. The van der Waals surface area contributed by atoms with Gasteiger partial charge in [-0.05, 0) is 73.8 Å². The Labute approximate surface area is 225 Å². The van der Waals surface area contributed by atoms with E-state index in [1.165, 1.54) is 5.56 Å². The van der Waals surface area contributed by atoms with Gasteiger partial charge in [0.15, 0.2) is 0 Å². The van der Waals surface area contributed by atoms with Gasteiger partial charge in [-0.25, -0.2) is 0 Å². The van der Waals surface area contributed by atoms with Gasteiger partial charge in [-0.1, -0.05) is 24.6 Å². The van der Waals surface area contributed by atoms with Gasteiger partial charge < -0.3 is 24.3 Å². The van der Waals surface area contributed by atoms with Crippen molar-refractivity contribution >= 4 is 22.7 Å². The number of ether oxygens (including phenoxy) is 2. The Morgan fingerprint density at radius 1 is 1.00 bits per heavy atom. The van der Waals surface area contributed by atoms with Crippen molar-refractivity contribution in [1.29, 1.82) is 0 Å². The smallest absolute Gasteiger partial charge is 0.270 e. The number of aromatic amines is 1. The number of likely N-dealkylation sites (tertiary alicyclic amines) is 1. The highest BCUT2D eigenvalue weighted by atomic mass is 16.5. The van der Waals surface area contributed by atoms with E-state index in [2.05, 4.69) is 17.1 Å². The minimum Gasteiger partial charge on any atom is -0.497 e. The summed E-state index contributed by atoms with van der Waals surface area (Å²) in [6.07, 6.45) is 7.25. The Morgan fingerprint density at radius 3 is 2.63 bits per heavy atom. The molecule has 7 heteroatoms. The molecule has 0 unspecified atom stereocenters. The first kappa shape index (κ1) is 26.1. The molecule has 1 aromatic heterocycles. The van der Waals surface area contributed by atoms with Crippen LogP contribution in [0.15, 0.2) is 48.5 Å². The molecule has 2 aliphatic heterocycles. The molecule has 5 rings (SSSR count). The predicted molar refractivity (Wildman–Crippen MR) is 149 cm³/mol. The van der Waals surface area contributed by atoms with Crippen molar-refractivity contribution in [1.82, 2.24) is 14.8 Å². The molecule has 0 aliphatic carbocycles. The number of hydrogen-bond donors (Lipinski definition) is 1. The summed E-state index contributed by atoms with van der Waals surface area (Å²) in [6.45, 7) is 2.71. The molecule has 1 N–H and O–H groups in total. The minimum atomic E-state index is 0.0368. The minimum absolute atomic E-state index is 0.0368. The van der Waals surface area contributed by atoms with E-state index in [0.717, 1.165) is 67.5 Å². The third-order valence-electron chi connectivity index (χ3n) is 8.34. The highest BCUT2D eigenvalue weighted by Gasteiger charge is 2.37. The number of carbonyl (C=O) groups is 2. The number of carbonyl (C=O) groups excluding carboxylic acids is 2. The fraction of sp³-hybridized carbons (Fsp3) is 0.484. The number of fused-ring (bicyclic) bond motifs is 2. The largest absolute Gasteiger partial charge is 0.497 e. The van der Waals surface area contributed by atoms with Crippen molar-refractivity contribution in [2.24, 2.45) is 5.41 Å². The Hall–Kier alpha value is -3.48. The number of piperidine rings is 1. The average Bonchev–Trinajstić information content (AvgIpc) is 3.37. The zero-order valence-electron chi connectivity index (χ0n) is 22.6. The number of methoxy groups -OCH3 is 1. The molecule has 1 saturated heterocycles. The third kappa shape index (κ3) is 5.82. The molecule has 2 aromatic carbocycles. The number of aryl methyl sites for hydroxylation is 1. The van der Waals surface area contributed by atoms with E-state index in [4.69, 9.17) is 9.47 Å². The third-order valence-corrected chi connectivity index (χ3v) is 8.34. The highest BCUT2D eigenvalue weighted by Crippen LogP contribution is 2.38. The molecule has 0 atom stereocenters. The second-order valence-corrected chi connectivity index (χ2v) is 10.9. The van der Waals surface area contributed by atoms with E-state index in [-0.39, 0.29) is 17.2 Å². The second-order valence-electron chi connectivity index (χ2n) is 10.9. The van der Waals surface area contributed by atoms with Crippen LogP contribution in [0.3, 0.4) is 0 Å². The number of nitrogens with zero attached hydrogens (tertiary/aromatic N) is 2. The summed E-state index contributed by atoms with van der Waals surface area (Å²) in [5.41, 5.74) is 2.80. The Morgan fingerprint density at radius 2 is 1.82 bits per heavy atom. The van der Waals surface area contributed by atoms with Crippen LogP contribution in [0.4, 0.5) is 0 Å². The SMILES string of the molecule is COc1ccc2cc(C(=O)N3CCC4(CCCCc5ccccc5OCCCC(=O)N(C)C4)CC3)[nH]c2c1. The van der Waals surface area contributed by atoms with Crippen LogP contribution in [0.5, 0.6) is 11.5 Å². The van der Waals surface area contributed by atoms with Crippen LogP contribution in [-0.2, 0) is 11.2 Å². The molecule has 0 saturated carbocycles. The summed E-state index contributed by atoms with van der Waals surface area (Å²) in [6, 6.07) is 16.0. The monoisotopic (exact) mass is 517 g/mol. The maximum atomic E-state index is 13.4. The molecule has 202 valence electrons. The first-order chi connectivity index (χ1) is 18.5. The molecular formula is C31H39N3O4. The first-order valence-corrected chi connectivity index (χ1v) is 13.9. The van der Waals surface area contributed by atoms with Gasteiger partial charge in [-0.2, -0.15) is 0 Å². The Kier molecular flexibility index (Phi) is 7.91. The van der Waals surface area contributed by atoms with Crippen molar-refractivity contribution in [3.8, 4) is 11.5 Å². The van der Waals surface area contributed by atoms with Crippen LogP contribution >= 0.6 is 0 Å². The lowest BCUT2D eigenvalue weighted by molar-refractivity contribution is -0.132. The number of para-hydroxylation sites is 1.